The Bertz CT molecular complexity index is 1130. The summed E-state index contributed by atoms with van der Waals surface area (Å²) in [6, 6.07) is 14.5. The highest BCUT2D eigenvalue weighted by Crippen LogP contribution is 2.29. The molecule has 1 atom stereocenters. The van der Waals surface area contributed by atoms with Gasteiger partial charge in [-0.3, -0.25) is 5.10 Å². The molecule has 0 saturated carbocycles. The van der Waals surface area contributed by atoms with Crippen molar-refractivity contribution in [3.05, 3.63) is 72.3 Å². The summed E-state index contributed by atoms with van der Waals surface area (Å²) in [7, 11) is 1.39. The van der Waals surface area contributed by atoms with E-state index in [1.807, 2.05) is 49.5 Å². The van der Waals surface area contributed by atoms with Crippen LogP contribution in [-0.4, -0.2) is 38.6 Å². The number of H-pyrrole nitrogens is 1. The Morgan fingerprint density at radius 1 is 1.20 bits per heavy atom. The van der Waals surface area contributed by atoms with Crippen molar-refractivity contribution in [2.45, 2.75) is 13.3 Å². The summed E-state index contributed by atoms with van der Waals surface area (Å²) in [5.41, 5.74) is 4.06. The van der Waals surface area contributed by atoms with Gasteiger partial charge in [0.2, 0.25) is 6.41 Å². The van der Waals surface area contributed by atoms with Crippen LogP contribution in [0.25, 0.3) is 16.9 Å². The highest BCUT2D eigenvalue weighted by Gasteiger charge is 2.16. The molecule has 2 heterocycles. The third-order valence-corrected chi connectivity index (χ3v) is 4.62. The zero-order valence-corrected chi connectivity index (χ0v) is 16.4. The predicted octanol–water partition coefficient (Wildman–Crippen LogP) is 3.79. The maximum Gasteiger partial charge on any atom is 0.235 e. The number of hydrogen-bond acceptors (Lipinski definition) is 6. The molecule has 154 valence electrons. The number of anilines is 3. The number of halogens is 1. The third kappa shape index (κ3) is 4.02. The predicted molar refractivity (Wildman–Crippen MR) is 112 cm³/mol. The molecular weight excluding hydrogens is 387 g/mol. The molecule has 4 aromatic rings. The van der Waals surface area contributed by atoms with Crippen molar-refractivity contribution in [3.63, 3.8) is 0 Å². The number of methoxy groups -OCH3 is 1. The number of nitrogens with one attached hydrogen (secondary N) is 3. The van der Waals surface area contributed by atoms with Crippen LogP contribution in [0.4, 0.5) is 21.6 Å². The first-order valence-electron chi connectivity index (χ1n) is 9.24. The molecule has 0 aliphatic heterocycles. The molecule has 2 aromatic carbocycles. The van der Waals surface area contributed by atoms with Crippen LogP contribution in [-0.2, 0) is 4.74 Å². The smallest absolute Gasteiger partial charge is 0.235 e. The number of aromatic amines is 1. The summed E-state index contributed by atoms with van der Waals surface area (Å²) >= 11 is 0. The third-order valence-electron chi connectivity index (χ3n) is 4.62. The van der Waals surface area contributed by atoms with Crippen LogP contribution in [0.3, 0.4) is 0 Å². The molecule has 2 aromatic heterocycles. The zero-order valence-electron chi connectivity index (χ0n) is 16.4. The topological polar surface area (TPSA) is 100 Å². The van der Waals surface area contributed by atoms with E-state index in [4.69, 9.17) is 4.74 Å². The number of aliphatic hydroxyl groups is 1. The summed E-state index contributed by atoms with van der Waals surface area (Å²) in [5, 5.41) is 26.3. The molecule has 9 heteroatoms. The zero-order chi connectivity index (χ0) is 21.1. The van der Waals surface area contributed by atoms with Crippen molar-refractivity contribution in [2.24, 2.45) is 0 Å². The van der Waals surface area contributed by atoms with Gasteiger partial charge in [0.1, 0.15) is 5.69 Å². The first-order chi connectivity index (χ1) is 14.5. The monoisotopic (exact) mass is 408 g/mol. The lowest BCUT2D eigenvalue weighted by molar-refractivity contribution is -0.0509. The van der Waals surface area contributed by atoms with E-state index in [-0.39, 0.29) is 5.82 Å². The van der Waals surface area contributed by atoms with E-state index >= 15 is 0 Å². The van der Waals surface area contributed by atoms with Crippen LogP contribution in [0.2, 0.25) is 0 Å². The second kappa shape index (κ2) is 8.36. The molecule has 0 aliphatic rings. The molecule has 8 nitrogen and oxygen atoms in total. The first kappa shape index (κ1) is 19.6. The van der Waals surface area contributed by atoms with E-state index in [0.29, 0.717) is 22.6 Å². The highest BCUT2D eigenvalue weighted by atomic mass is 19.1. The van der Waals surface area contributed by atoms with Crippen LogP contribution in [0.5, 0.6) is 0 Å². The van der Waals surface area contributed by atoms with Crippen LogP contribution in [0.15, 0.2) is 60.9 Å². The van der Waals surface area contributed by atoms with Crippen molar-refractivity contribution >= 4 is 17.2 Å². The summed E-state index contributed by atoms with van der Waals surface area (Å²) in [6.45, 7) is 1.87. The van der Waals surface area contributed by atoms with Crippen LogP contribution in [0.1, 0.15) is 5.56 Å². The van der Waals surface area contributed by atoms with Gasteiger partial charge in [-0.15, -0.1) is 0 Å². The molecule has 0 radical (unpaired) electrons. The Morgan fingerprint density at radius 2 is 2.00 bits per heavy atom. The molecule has 1 unspecified atom stereocenters. The molecular formula is C21H21FN6O2. The summed E-state index contributed by atoms with van der Waals surface area (Å²) in [5.74, 6) is -0.375. The van der Waals surface area contributed by atoms with Gasteiger partial charge in [-0.1, -0.05) is 12.1 Å². The number of nitrogens with zero attached hydrogens (tertiary/aromatic N) is 3. The average molecular weight is 408 g/mol. The van der Waals surface area contributed by atoms with Gasteiger partial charge in [0, 0.05) is 36.4 Å². The van der Waals surface area contributed by atoms with Crippen molar-refractivity contribution in [3.8, 4) is 16.9 Å². The normalized spacial score (nSPS) is 12.0. The molecule has 0 saturated heterocycles. The van der Waals surface area contributed by atoms with E-state index in [9.17, 15) is 9.50 Å². The summed E-state index contributed by atoms with van der Waals surface area (Å²) < 4.78 is 21.5. The van der Waals surface area contributed by atoms with Gasteiger partial charge in [0.15, 0.2) is 11.6 Å². The lowest BCUT2D eigenvalue weighted by Gasteiger charge is -2.14. The van der Waals surface area contributed by atoms with Gasteiger partial charge in [-0.2, -0.15) is 10.2 Å². The first-order valence-corrected chi connectivity index (χ1v) is 9.24. The number of aryl methyl sites for hydroxylation is 1. The Hall–Kier alpha value is -3.69. The Kier molecular flexibility index (Phi) is 5.46. The van der Waals surface area contributed by atoms with E-state index in [1.54, 1.807) is 23.0 Å². The number of aromatic nitrogens is 4. The van der Waals surface area contributed by atoms with Gasteiger partial charge >= 0.3 is 0 Å². The average Bonchev–Trinajstić information content (AvgIpc) is 3.41. The van der Waals surface area contributed by atoms with Gasteiger partial charge in [0.25, 0.3) is 0 Å². The van der Waals surface area contributed by atoms with Crippen LogP contribution < -0.4 is 10.6 Å². The molecule has 0 bridgehead atoms. The van der Waals surface area contributed by atoms with E-state index in [2.05, 4.69) is 25.9 Å². The Balaban J connectivity index is 1.52. The lowest BCUT2D eigenvalue weighted by atomic mass is 10.1. The molecule has 0 amide bonds. The second-order valence-electron chi connectivity index (χ2n) is 6.65. The molecule has 0 fully saturated rings. The van der Waals surface area contributed by atoms with Crippen LogP contribution >= 0.6 is 0 Å². The van der Waals surface area contributed by atoms with Crippen molar-refractivity contribution in [1.29, 1.82) is 0 Å². The van der Waals surface area contributed by atoms with Crippen molar-refractivity contribution in [2.75, 3.05) is 17.7 Å². The standard InChI is InChI=1S/C21H21FN6O2/c1-13-12-15(24-21(29)30-2)6-9-17(13)25-20-18(22)19(26-27-20)14-4-7-16(8-5-14)28-11-3-10-23-28/h3-12,21,24,29H,1-2H3,(H2,25,26,27). The Morgan fingerprint density at radius 3 is 2.67 bits per heavy atom. The number of aliphatic hydroxyl groups excluding tert-OH is 1. The van der Waals surface area contributed by atoms with E-state index in [0.717, 1.165) is 11.3 Å². The SMILES string of the molecule is COC(O)Nc1ccc(Nc2n[nH]c(-c3ccc(-n4cccn4)cc3)c2F)c(C)c1. The van der Waals surface area contributed by atoms with Gasteiger partial charge in [-0.25, -0.2) is 9.07 Å². The van der Waals surface area contributed by atoms with Crippen LogP contribution in [0, 0.1) is 12.7 Å². The molecule has 4 N–H and O–H groups in total. The molecule has 4 rings (SSSR count). The summed E-state index contributed by atoms with van der Waals surface area (Å²) in [6.07, 6.45) is 2.44. The fraction of sp³-hybridized carbons (Fsp3) is 0.143. The minimum Gasteiger partial charge on any atom is -0.351 e. The maximum atomic E-state index is 15.0. The van der Waals surface area contributed by atoms with Gasteiger partial charge < -0.3 is 20.5 Å². The number of benzene rings is 2. The van der Waals surface area contributed by atoms with E-state index < -0.39 is 12.2 Å². The largest absolute Gasteiger partial charge is 0.351 e. The fourth-order valence-corrected chi connectivity index (χ4v) is 3.03. The van der Waals surface area contributed by atoms with Crippen molar-refractivity contribution in [1.82, 2.24) is 20.0 Å². The minimum atomic E-state index is -1.10. The quantitative estimate of drug-likeness (QED) is 0.347. The Labute approximate surface area is 172 Å². The number of ether oxygens (including phenoxy) is 1. The minimum absolute atomic E-state index is 0.0990. The number of rotatable bonds is 7. The van der Waals surface area contributed by atoms with E-state index in [1.165, 1.54) is 7.11 Å². The highest BCUT2D eigenvalue weighted by molar-refractivity contribution is 5.70. The molecule has 0 aliphatic carbocycles. The fourth-order valence-electron chi connectivity index (χ4n) is 3.03. The van der Waals surface area contributed by atoms with Gasteiger partial charge in [-0.05, 0) is 48.9 Å². The van der Waals surface area contributed by atoms with Gasteiger partial charge in [0.05, 0.1) is 5.69 Å². The molecule has 30 heavy (non-hydrogen) atoms. The second-order valence-corrected chi connectivity index (χ2v) is 6.65. The lowest BCUT2D eigenvalue weighted by Crippen LogP contribution is -2.20. The number of hydrogen-bond donors (Lipinski definition) is 4. The maximum absolute atomic E-state index is 15.0. The van der Waals surface area contributed by atoms with Crippen molar-refractivity contribution < 1.29 is 14.2 Å². The molecule has 0 spiro atoms. The summed E-state index contributed by atoms with van der Waals surface area (Å²) in [4.78, 5) is 0.